The Morgan fingerprint density at radius 1 is 0.784 bits per heavy atom. The average Bonchev–Trinajstić information content (AvgIpc) is 3.48. The lowest BCUT2D eigenvalue weighted by molar-refractivity contribution is -0.200. The highest BCUT2D eigenvalue weighted by Gasteiger charge is 2.42. The summed E-state index contributed by atoms with van der Waals surface area (Å²) in [5.41, 5.74) is -1.27. The number of hydroxylamine groups is 2. The highest BCUT2D eigenvalue weighted by atomic mass is 32.2. The van der Waals surface area contributed by atoms with Gasteiger partial charge < -0.3 is 19.4 Å². The minimum Gasteiger partial charge on any atom is -0.480 e. The number of carboxylic acid groups (broad SMARTS) is 1. The van der Waals surface area contributed by atoms with Crippen LogP contribution in [0.5, 0.6) is 0 Å². The number of ether oxygens (including phenoxy) is 2. The van der Waals surface area contributed by atoms with E-state index < -0.39 is 59.2 Å². The van der Waals surface area contributed by atoms with Crippen molar-refractivity contribution in [1.82, 2.24) is 14.9 Å². The first kappa shape index (κ1) is 30.5. The number of carboxylic acids is 1. The van der Waals surface area contributed by atoms with Crippen LogP contribution in [0.25, 0.3) is 0 Å². The Bertz CT molecular complexity index is 915. The van der Waals surface area contributed by atoms with Gasteiger partial charge in [-0.3, -0.25) is 19.4 Å². The van der Waals surface area contributed by atoms with Crippen LogP contribution in [0.4, 0.5) is 9.59 Å². The number of aliphatic carboxylic acids is 1. The fourth-order valence-corrected chi connectivity index (χ4v) is 5.35. The second kappa shape index (κ2) is 12.2. The maximum atomic E-state index is 12.1. The van der Waals surface area contributed by atoms with Crippen LogP contribution in [0, 0.1) is 0 Å². The van der Waals surface area contributed by atoms with E-state index in [0.717, 1.165) is 0 Å². The molecule has 4 amide bonds. The molecule has 0 spiro atoms. The van der Waals surface area contributed by atoms with Crippen LogP contribution in [0.2, 0.25) is 0 Å². The lowest BCUT2D eigenvalue weighted by atomic mass is 10.2. The third kappa shape index (κ3) is 8.98. The van der Waals surface area contributed by atoms with Crippen LogP contribution < -0.4 is 0 Å². The molecular formula is C22H33N3O10S2. The van der Waals surface area contributed by atoms with E-state index in [0.29, 0.717) is 22.4 Å². The summed E-state index contributed by atoms with van der Waals surface area (Å²) in [6.07, 6.45) is -1.12. The first-order valence-electron chi connectivity index (χ1n) is 11.5. The summed E-state index contributed by atoms with van der Waals surface area (Å²) in [5, 5.41) is 9.35. The Hall–Kier alpha value is -2.68. The standard InChI is InChI=1S/C13H18N2O6S.C9H15NO4S/c1-13(2,3)20-12(19)14-7-22-6-8(14)11(18)21-15-9(16)4-5-10(15)17;1-9(2,3)14-8(13)10-5-15-4-6(10)7(11)12/h8H,4-7H2,1-3H3;6H,4-5H2,1-3H3,(H,11,12)/t8-;6-/m00/s1. The molecule has 208 valence electrons. The van der Waals surface area contributed by atoms with Crippen LogP contribution in [0.15, 0.2) is 0 Å². The van der Waals surface area contributed by atoms with Crippen molar-refractivity contribution in [2.24, 2.45) is 0 Å². The molecule has 3 rings (SSSR count). The van der Waals surface area contributed by atoms with Gasteiger partial charge in [0.25, 0.3) is 11.8 Å². The predicted octanol–water partition coefficient (Wildman–Crippen LogP) is 2.28. The molecular weight excluding hydrogens is 530 g/mol. The molecule has 0 saturated carbocycles. The first-order chi connectivity index (χ1) is 17.0. The molecule has 0 bridgehead atoms. The van der Waals surface area contributed by atoms with Gasteiger partial charge in [0.15, 0.2) is 0 Å². The molecule has 3 aliphatic heterocycles. The van der Waals surface area contributed by atoms with Crippen molar-refractivity contribution in [3.63, 3.8) is 0 Å². The van der Waals surface area contributed by atoms with Gasteiger partial charge in [-0.15, -0.1) is 28.6 Å². The molecule has 1 N–H and O–H groups in total. The van der Waals surface area contributed by atoms with E-state index in [4.69, 9.17) is 19.4 Å². The van der Waals surface area contributed by atoms with Crippen molar-refractivity contribution in [2.75, 3.05) is 23.3 Å². The van der Waals surface area contributed by atoms with Gasteiger partial charge in [0.05, 0.1) is 11.8 Å². The predicted molar refractivity (Wildman–Crippen MR) is 133 cm³/mol. The van der Waals surface area contributed by atoms with E-state index in [1.807, 2.05) is 0 Å². The van der Waals surface area contributed by atoms with Gasteiger partial charge in [-0.25, -0.2) is 19.2 Å². The Labute approximate surface area is 223 Å². The lowest BCUT2D eigenvalue weighted by Crippen LogP contribution is -2.47. The molecule has 0 radical (unpaired) electrons. The van der Waals surface area contributed by atoms with Gasteiger partial charge in [-0.2, -0.15) is 0 Å². The van der Waals surface area contributed by atoms with Crippen molar-refractivity contribution in [2.45, 2.75) is 77.7 Å². The molecule has 37 heavy (non-hydrogen) atoms. The minimum atomic E-state index is -0.981. The van der Waals surface area contributed by atoms with Crippen molar-refractivity contribution >= 4 is 59.5 Å². The summed E-state index contributed by atoms with van der Waals surface area (Å²) in [6, 6.07) is -1.63. The molecule has 3 fully saturated rings. The molecule has 3 aliphatic rings. The van der Waals surface area contributed by atoms with E-state index in [1.165, 1.54) is 33.3 Å². The normalized spacial score (nSPS) is 21.9. The van der Waals surface area contributed by atoms with E-state index >= 15 is 0 Å². The second-order valence-corrected chi connectivity index (χ2v) is 12.3. The van der Waals surface area contributed by atoms with Crippen molar-refractivity contribution in [3.05, 3.63) is 0 Å². The summed E-state index contributed by atoms with van der Waals surface area (Å²) >= 11 is 2.79. The third-order valence-electron chi connectivity index (χ3n) is 4.76. The van der Waals surface area contributed by atoms with Gasteiger partial charge in [-0.1, -0.05) is 0 Å². The van der Waals surface area contributed by atoms with Crippen LogP contribution >= 0.6 is 23.5 Å². The molecule has 0 aromatic carbocycles. The number of nitrogens with zero attached hydrogens (tertiary/aromatic N) is 3. The number of amides is 4. The molecule has 15 heteroatoms. The summed E-state index contributed by atoms with van der Waals surface area (Å²) in [5.74, 6) is -1.46. The van der Waals surface area contributed by atoms with Crippen LogP contribution in [0.3, 0.4) is 0 Å². The number of carbonyl (C=O) groups excluding carboxylic acids is 5. The fraction of sp³-hybridized carbons (Fsp3) is 0.727. The number of carbonyl (C=O) groups is 6. The Kier molecular flexibility index (Phi) is 10.1. The summed E-state index contributed by atoms with van der Waals surface area (Å²) in [7, 11) is 0. The van der Waals surface area contributed by atoms with Gasteiger partial charge in [0.2, 0.25) is 0 Å². The first-order valence-corrected chi connectivity index (χ1v) is 13.8. The van der Waals surface area contributed by atoms with Crippen molar-refractivity contribution in [3.8, 4) is 0 Å². The summed E-state index contributed by atoms with van der Waals surface area (Å²) < 4.78 is 10.3. The minimum absolute atomic E-state index is 0.0291. The monoisotopic (exact) mass is 563 g/mol. The lowest BCUT2D eigenvalue weighted by Gasteiger charge is -2.27. The van der Waals surface area contributed by atoms with Crippen molar-refractivity contribution in [1.29, 1.82) is 0 Å². The maximum absolute atomic E-state index is 12.1. The zero-order valence-corrected chi connectivity index (χ0v) is 23.3. The zero-order valence-electron chi connectivity index (χ0n) is 21.7. The van der Waals surface area contributed by atoms with Gasteiger partial charge in [0.1, 0.15) is 23.3 Å². The number of rotatable bonds is 3. The van der Waals surface area contributed by atoms with Gasteiger partial charge >= 0.3 is 24.1 Å². The van der Waals surface area contributed by atoms with E-state index in [2.05, 4.69) is 0 Å². The molecule has 0 aromatic heterocycles. The second-order valence-electron chi connectivity index (χ2n) is 10.3. The number of hydrogen-bond acceptors (Lipinski definition) is 11. The molecule has 3 heterocycles. The largest absolute Gasteiger partial charge is 0.480 e. The number of imide groups is 1. The van der Waals surface area contributed by atoms with Crippen LogP contribution in [0.1, 0.15) is 54.4 Å². The van der Waals surface area contributed by atoms with E-state index in [-0.39, 0.29) is 18.7 Å². The van der Waals surface area contributed by atoms with E-state index in [9.17, 15) is 28.8 Å². The number of hydrogen-bond donors (Lipinski definition) is 1. The van der Waals surface area contributed by atoms with E-state index in [1.54, 1.807) is 41.5 Å². The Balaban J connectivity index is 0.000000281. The quantitative estimate of drug-likeness (QED) is 0.500. The maximum Gasteiger partial charge on any atom is 0.411 e. The van der Waals surface area contributed by atoms with Crippen LogP contribution in [-0.4, -0.2) is 102 Å². The highest BCUT2D eigenvalue weighted by Crippen LogP contribution is 2.26. The Morgan fingerprint density at radius 2 is 1.19 bits per heavy atom. The Morgan fingerprint density at radius 3 is 1.59 bits per heavy atom. The molecule has 0 unspecified atom stereocenters. The third-order valence-corrected chi connectivity index (χ3v) is 6.79. The zero-order chi connectivity index (χ0) is 28.1. The summed E-state index contributed by atoms with van der Waals surface area (Å²) in [4.78, 5) is 76.9. The summed E-state index contributed by atoms with van der Waals surface area (Å²) in [6.45, 7) is 10.4. The SMILES string of the molecule is CC(C)(C)OC(=O)N1CSC[C@H]1C(=O)O.CC(C)(C)OC(=O)N1CSC[C@H]1C(=O)ON1C(=O)CCC1=O. The van der Waals surface area contributed by atoms with Gasteiger partial charge in [-0.05, 0) is 41.5 Å². The van der Waals surface area contributed by atoms with Gasteiger partial charge in [0, 0.05) is 24.3 Å². The smallest absolute Gasteiger partial charge is 0.411 e. The molecule has 0 aromatic rings. The molecule has 13 nitrogen and oxygen atoms in total. The highest BCUT2D eigenvalue weighted by molar-refractivity contribution is 7.99. The van der Waals surface area contributed by atoms with Crippen LogP contribution in [-0.2, 0) is 33.5 Å². The molecule has 3 saturated heterocycles. The fourth-order valence-electron chi connectivity index (χ4n) is 3.09. The van der Waals surface area contributed by atoms with Crippen molar-refractivity contribution < 1.29 is 48.2 Å². The topological polar surface area (TPSA) is 160 Å². The molecule has 0 aliphatic carbocycles. The molecule has 2 atom stereocenters. The average molecular weight is 564 g/mol. The number of thioether (sulfide) groups is 2.